The predicted molar refractivity (Wildman–Crippen MR) is 62.9 cm³/mol. The van der Waals surface area contributed by atoms with E-state index in [0.29, 0.717) is 23.1 Å². The zero-order chi connectivity index (χ0) is 11.5. The first-order valence-electron chi connectivity index (χ1n) is 5.29. The van der Waals surface area contributed by atoms with Gasteiger partial charge in [-0.2, -0.15) is 5.26 Å². The Labute approximate surface area is 94.9 Å². The number of rotatable bonds is 2. The topological polar surface area (TPSA) is 78.0 Å². The van der Waals surface area contributed by atoms with Crippen LogP contribution < -0.4 is 11.1 Å². The summed E-state index contributed by atoms with van der Waals surface area (Å²) in [7, 11) is 2.09. The second-order valence-corrected chi connectivity index (χ2v) is 4.17. The summed E-state index contributed by atoms with van der Waals surface area (Å²) in [5.41, 5.74) is 6.85. The monoisotopic (exact) mass is 217 g/mol. The Hall–Kier alpha value is -1.80. The largest absolute Gasteiger partial charge is 0.396 e. The molecule has 0 aromatic carbocycles. The van der Waals surface area contributed by atoms with E-state index in [1.807, 2.05) is 6.07 Å². The van der Waals surface area contributed by atoms with Gasteiger partial charge in [0.05, 0.1) is 11.3 Å². The number of hydrogen-bond donors (Lipinski definition) is 2. The maximum absolute atomic E-state index is 8.70. The third kappa shape index (κ3) is 2.23. The van der Waals surface area contributed by atoms with Gasteiger partial charge in [0.2, 0.25) is 0 Å². The van der Waals surface area contributed by atoms with Gasteiger partial charge in [-0.25, -0.2) is 4.98 Å². The molecule has 5 nitrogen and oxygen atoms in total. The lowest BCUT2D eigenvalue weighted by atomic mass is 10.2. The highest BCUT2D eigenvalue weighted by atomic mass is 15.2. The van der Waals surface area contributed by atoms with E-state index >= 15 is 0 Å². The van der Waals surface area contributed by atoms with Gasteiger partial charge in [-0.15, -0.1) is 0 Å². The Morgan fingerprint density at radius 1 is 1.69 bits per heavy atom. The molecule has 1 fully saturated rings. The zero-order valence-electron chi connectivity index (χ0n) is 9.27. The molecule has 1 saturated heterocycles. The summed E-state index contributed by atoms with van der Waals surface area (Å²) < 4.78 is 0. The number of aromatic nitrogens is 1. The Kier molecular flexibility index (Phi) is 2.93. The molecule has 0 bridgehead atoms. The minimum atomic E-state index is 0.396. The first-order valence-corrected chi connectivity index (χ1v) is 5.29. The van der Waals surface area contributed by atoms with Gasteiger partial charge in [0.25, 0.3) is 0 Å². The molecule has 1 aliphatic rings. The molecule has 84 valence electrons. The highest BCUT2D eigenvalue weighted by Gasteiger charge is 2.20. The fourth-order valence-corrected chi connectivity index (χ4v) is 1.91. The standard InChI is InChI=1S/C11H15N5/c1-16-3-2-9(7-16)15-11-10(13)4-8(5-12)6-14-11/h4,6,9H,2-3,7,13H2,1H3,(H,14,15). The number of pyridine rings is 1. The van der Waals surface area contributed by atoms with Crippen molar-refractivity contribution in [2.45, 2.75) is 12.5 Å². The summed E-state index contributed by atoms with van der Waals surface area (Å²) in [5, 5.41) is 12.0. The molecule has 1 aromatic rings. The van der Waals surface area contributed by atoms with Gasteiger partial charge in [0.15, 0.2) is 0 Å². The molecule has 0 spiro atoms. The summed E-state index contributed by atoms with van der Waals surface area (Å²) in [5.74, 6) is 0.680. The Balaban J connectivity index is 2.08. The van der Waals surface area contributed by atoms with Gasteiger partial charge < -0.3 is 16.0 Å². The first kappa shape index (κ1) is 10.7. The molecule has 3 N–H and O–H groups in total. The molecule has 0 amide bonds. The minimum absolute atomic E-state index is 0.396. The lowest BCUT2D eigenvalue weighted by molar-refractivity contribution is 0.414. The van der Waals surface area contributed by atoms with Crippen molar-refractivity contribution in [3.63, 3.8) is 0 Å². The van der Waals surface area contributed by atoms with E-state index < -0.39 is 0 Å². The quantitative estimate of drug-likeness (QED) is 0.760. The Bertz CT molecular complexity index is 423. The van der Waals surface area contributed by atoms with Crippen molar-refractivity contribution < 1.29 is 0 Å². The van der Waals surface area contributed by atoms with Crippen LogP contribution in [-0.4, -0.2) is 36.1 Å². The summed E-state index contributed by atoms with van der Waals surface area (Å²) in [6, 6.07) is 4.06. The number of hydrogen-bond acceptors (Lipinski definition) is 5. The van der Waals surface area contributed by atoms with Gasteiger partial charge in [0, 0.05) is 18.8 Å². The van der Waals surface area contributed by atoms with Crippen molar-refractivity contribution in [1.29, 1.82) is 5.26 Å². The number of nitriles is 1. The molecule has 1 atom stereocenters. The van der Waals surface area contributed by atoms with Crippen molar-refractivity contribution in [1.82, 2.24) is 9.88 Å². The Morgan fingerprint density at radius 2 is 2.50 bits per heavy atom. The van der Waals surface area contributed by atoms with Crippen LogP contribution in [0.15, 0.2) is 12.3 Å². The van der Waals surface area contributed by atoms with Crippen molar-refractivity contribution in [2.24, 2.45) is 0 Å². The van der Waals surface area contributed by atoms with E-state index in [0.717, 1.165) is 19.5 Å². The first-order chi connectivity index (χ1) is 7.69. The normalized spacial score (nSPS) is 20.6. The van der Waals surface area contributed by atoms with Crippen LogP contribution in [0.2, 0.25) is 0 Å². The lowest BCUT2D eigenvalue weighted by Gasteiger charge is -2.14. The van der Waals surface area contributed by atoms with E-state index in [-0.39, 0.29) is 0 Å². The maximum atomic E-state index is 8.70. The molecule has 1 aliphatic heterocycles. The summed E-state index contributed by atoms with van der Waals surface area (Å²) in [4.78, 5) is 6.42. The molecular weight excluding hydrogens is 202 g/mol. The Morgan fingerprint density at radius 3 is 3.06 bits per heavy atom. The second-order valence-electron chi connectivity index (χ2n) is 4.17. The van der Waals surface area contributed by atoms with Crippen molar-refractivity contribution in [2.75, 3.05) is 31.2 Å². The molecular formula is C11H15N5. The molecule has 0 aliphatic carbocycles. The van der Waals surface area contributed by atoms with Gasteiger partial charge >= 0.3 is 0 Å². The zero-order valence-corrected chi connectivity index (χ0v) is 9.27. The number of anilines is 2. The molecule has 5 heteroatoms. The van der Waals surface area contributed by atoms with Gasteiger partial charge in [0.1, 0.15) is 11.9 Å². The lowest BCUT2D eigenvalue weighted by Crippen LogP contribution is -2.24. The highest BCUT2D eigenvalue weighted by Crippen LogP contribution is 2.19. The van der Waals surface area contributed by atoms with Gasteiger partial charge in [-0.3, -0.25) is 0 Å². The van der Waals surface area contributed by atoms with Crippen LogP contribution in [0.25, 0.3) is 0 Å². The third-order valence-corrected chi connectivity index (χ3v) is 2.78. The second kappa shape index (κ2) is 4.37. The van der Waals surface area contributed by atoms with Crippen LogP contribution in [0.4, 0.5) is 11.5 Å². The predicted octanol–water partition coefficient (Wildman–Crippen LogP) is 0.651. The van der Waals surface area contributed by atoms with Crippen LogP contribution >= 0.6 is 0 Å². The van der Waals surface area contributed by atoms with E-state index in [1.54, 1.807) is 6.07 Å². The average molecular weight is 217 g/mol. The maximum Gasteiger partial charge on any atom is 0.149 e. The van der Waals surface area contributed by atoms with Crippen molar-refractivity contribution >= 4 is 11.5 Å². The molecule has 0 saturated carbocycles. The molecule has 1 aromatic heterocycles. The number of nitrogens with two attached hydrogens (primary N) is 1. The highest BCUT2D eigenvalue weighted by molar-refractivity contribution is 5.63. The molecule has 2 heterocycles. The third-order valence-electron chi connectivity index (χ3n) is 2.78. The SMILES string of the molecule is CN1CCC(Nc2ncc(C#N)cc2N)C1. The number of nitrogens with zero attached hydrogens (tertiary/aromatic N) is 3. The van der Waals surface area contributed by atoms with Gasteiger partial charge in [-0.1, -0.05) is 0 Å². The molecule has 16 heavy (non-hydrogen) atoms. The van der Waals surface area contributed by atoms with Crippen molar-refractivity contribution in [3.05, 3.63) is 17.8 Å². The van der Waals surface area contributed by atoms with Crippen LogP contribution in [0.3, 0.4) is 0 Å². The molecule has 1 unspecified atom stereocenters. The van der Waals surface area contributed by atoms with E-state index in [2.05, 4.69) is 22.2 Å². The minimum Gasteiger partial charge on any atom is -0.396 e. The van der Waals surface area contributed by atoms with Crippen LogP contribution in [-0.2, 0) is 0 Å². The molecule has 2 rings (SSSR count). The fraction of sp³-hybridized carbons (Fsp3) is 0.455. The number of nitrogens with one attached hydrogen (secondary N) is 1. The van der Waals surface area contributed by atoms with E-state index in [9.17, 15) is 0 Å². The van der Waals surface area contributed by atoms with E-state index in [1.165, 1.54) is 6.20 Å². The van der Waals surface area contributed by atoms with E-state index in [4.69, 9.17) is 11.0 Å². The van der Waals surface area contributed by atoms with Crippen LogP contribution in [0.1, 0.15) is 12.0 Å². The smallest absolute Gasteiger partial charge is 0.149 e. The summed E-state index contributed by atoms with van der Waals surface area (Å²) in [6.45, 7) is 2.09. The summed E-state index contributed by atoms with van der Waals surface area (Å²) in [6.07, 6.45) is 2.63. The fourth-order valence-electron chi connectivity index (χ4n) is 1.91. The van der Waals surface area contributed by atoms with Crippen molar-refractivity contribution in [3.8, 4) is 6.07 Å². The number of nitrogen functional groups attached to an aromatic ring is 1. The van der Waals surface area contributed by atoms with Crippen LogP contribution in [0, 0.1) is 11.3 Å². The summed E-state index contributed by atoms with van der Waals surface area (Å²) >= 11 is 0. The number of likely N-dealkylation sites (N-methyl/N-ethyl adjacent to an activating group) is 1. The molecule has 0 radical (unpaired) electrons. The van der Waals surface area contributed by atoms with Gasteiger partial charge in [-0.05, 0) is 26.1 Å². The number of likely N-dealkylation sites (tertiary alicyclic amines) is 1. The van der Waals surface area contributed by atoms with Crippen LogP contribution in [0.5, 0.6) is 0 Å². The average Bonchev–Trinajstić information content (AvgIpc) is 2.67.